The molecular weight excluding hydrogens is 379 g/mol. The van der Waals surface area contributed by atoms with Crippen LogP contribution in [0.3, 0.4) is 0 Å². The van der Waals surface area contributed by atoms with Gasteiger partial charge in [0.1, 0.15) is 12.3 Å². The molecule has 5 nitrogen and oxygen atoms in total. The number of hydrogen-bond donors (Lipinski definition) is 1. The van der Waals surface area contributed by atoms with Crippen molar-refractivity contribution in [3.63, 3.8) is 0 Å². The lowest BCUT2D eigenvalue weighted by Crippen LogP contribution is -2.42. The van der Waals surface area contributed by atoms with Crippen molar-refractivity contribution in [3.05, 3.63) is 17.3 Å². The van der Waals surface area contributed by atoms with Crippen LogP contribution in [0.15, 0.2) is 9.41 Å². The second-order valence-corrected chi connectivity index (χ2v) is 5.71. The molecule has 1 aliphatic rings. The molecule has 2 heterocycles. The van der Waals surface area contributed by atoms with Gasteiger partial charge in [-0.15, -0.1) is 24.0 Å². The maximum Gasteiger partial charge on any atom is 0.194 e. The minimum Gasteiger partial charge on any atom is -0.443 e. The van der Waals surface area contributed by atoms with E-state index < -0.39 is 0 Å². The van der Waals surface area contributed by atoms with E-state index in [2.05, 4.69) is 28.7 Å². The van der Waals surface area contributed by atoms with Crippen LogP contribution in [-0.2, 0) is 13.0 Å². The summed E-state index contributed by atoms with van der Waals surface area (Å²) >= 11 is 0. The van der Waals surface area contributed by atoms with Crippen molar-refractivity contribution in [2.75, 3.05) is 13.1 Å². The highest BCUT2D eigenvalue weighted by Crippen LogP contribution is 2.16. The minimum absolute atomic E-state index is 0. The number of guanidine groups is 1. The Bertz CT molecular complexity index is 464. The molecule has 2 N–H and O–H groups in total. The van der Waals surface area contributed by atoms with Crippen LogP contribution in [0, 0.1) is 12.8 Å². The lowest BCUT2D eigenvalue weighted by molar-refractivity contribution is 0.277. The van der Waals surface area contributed by atoms with Crippen molar-refractivity contribution in [2.24, 2.45) is 16.6 Å². The number of hydrogen-bond acceptors (Lipinski definition) is 3. The fourth-order valence-electron chi connectivity index (χ4n) is 2.45. The normalized spacial score (nSPS) is 16.9. The molecule has 1 aromatic heterocycles. The van der Waals surface area contributed by atoms with Gasteiger partial charge in [-0.1, -0.05) is 13.8 Å². The number of likely N-dealkylation sites (tertiary alicyclic amines) is 1. The van der Waals surface area contributed by atoms with Crippen molar-refractivity contribution >= 4 is 29.9 Å². The quantitative estimate of drug-likeness (QED) is 0.474. The van der Waals surface area contributed by atoms with E-state index in [-0.39, 0.29) is 24.0 Å². The van der Waals surface area contributed by atoms with Gasteiger partial charge >= 0.3 is 0 Å². The molecule has 0 aromatic carbocycles. The Labute approximate surface area is 144 Å². The molecule has 1 aromatic rings. The van der Waals surface area contributed by atoms with Crippen LogP contribution in [0.25, 0.3) is 0 Å². The molecule has 0 unspecified atom stereocenters. The van der Waals surface area contributed by atoms with E-state index in [9.17, 15) is 0 Å². The summed E-state index contributed by atoms with van der Waals surface area (Å²) in [4.78, 5) is 11.0. The summed E-state index contributed by atoms with van der Waals surface area (Å²) in [5.41, 5.74) is 7.00. The molecule has 120 valence electrons. The molecule has 2 rings (SSSR count). The average molecular weight is 406 g/mol. The van der Waals surface area contributed by atoms with Crippen molar-refractivity contribution in [3.8, 4) is 0 Å². The number of aliphatic imine (C=N–C) groups is 1. The smallest absolute Gasteiger partial charge is 0.194 e. The second-order valence-electron chi connectivity index (χ2n) is 5.71. The maximum absolute atomic E-state index is 6.07. The van der Waals surface area contributed by atoms with Crippen molar-refractivity contribution < 1.29 is 4.42 Å². The predicted molar refractivity (Wildman–Crippen MR) is 95.9 cm³/mol. The third kappa shape index (κ3) is 5.16. The van der Waals surface area contributed by atoms with Crippen LogP contribution < -0.4 is 5.73 Å². The Morgan fingerprint density at radius 3 is 2.71 bits per heavy atom. The molecule has 0 aliphatic carbocycles. The first kappa shape index (κ1) is 18.3. The van der Waals surface area contributed by atoms with E-state index >= 15 is 0 Å². The Kier molecular flexibility index (Phi) is 7.48. The molecular formula is C15H27IN4O. The summed E-state index contributed by atoms with van der Waals surface area (Å²) in [6.45, 7) is 8.87. The summed E-state index contributed by atoms with van der Waals surface area (Å²) in [5.74, 6) is 3.07. The van der Waals surface area contributed by atoms with E-state index in [0.717, 1.165) is 49.2 Å². The van der Waals surface area contributed by atoms with E-state index in [4.69, 9.17) is 10.2 Å². The number of oxazole rings is 1. The first-order chi connectivity index (χ1) is 9.60. The van der Waals surface area contributed by atoms with Gasteiger partial charge in [-0.2, -0.15) is 0 Å². The molecule has 0 saturated carbocycles. The molecule has 1 saturated heterocycles. The van der Waals surface area contributed by atoms with Crippen LogP contribution in [0.5, 0.6) is 0 Å². The highest BCUT2D eigenvalue weighted by molar-refractivity contribution is 14.0. The third-order valence-electron chi connectivity index (χ3n) is 3.89. The van der Waals surface area contributed by atoms with Gasteiger partial charge in [0, 0.05) is 19.5 Å². The fourth-order valence-corrected chi connectivity index (χ4v) is 2.45. The first-order valence-corrected chi connectivity index (χ1v) is 7.60. The molecule has 0 radical (unpaired) electrons. The number of rotatable bonds is 4. The molecule has 0 atom stereocenters. The maximum atomic E-state index is 6.07. The Hall–Kier alpha value is -0.790. The van der Waals surface area contributed by atoms with E-state index in [1.54, 1.807) is 0 Å². The Morgan fingerprint density at radius 1 is 1.43 bits per heavy atom. The number of nitrogens with zero attached hydrogens (tertiary/aromatic N) is 3. The minimum atomic E-state index is 0. The van der Waals surface area contributed by atoms with Gasteiger partial charge in [-0.25, -0.2) is 9.98 Å². The lowest BCUT2D eigenvalue weighted by atomic mass is 10.00. The molecule has 0 amide bonds. The molecule has 1 fully saturated rings. The average Bonchev–Trinajstić information content (AvgIpc) is 2.77. The largest absolute Gasteiger partial charge is 0.443 e. The Balaban J connectivity index is 0.00000220. The summed E-state index contributed by atoms with van der Waals surface area (Å²) in [5, 5.41) is 0. The highest BCUT2D eigenvalue weighted by atomic mass is 127. The van der Waals surface area contributed by atoms with Gasteiger partial charge < -0.3 is 15.1 Å². The molecule has 0 spiro atoms. The van der Waals surface area contributed by atoms with E-state index in [1.165, 1.54) is 12.8 Å². The van der Waals surface area contributed by atoms with Gasteiger partial charge in [0.05, 0.1) is 5.69 Å². The van der Waals surface area contributed by atoms with Gasteiger partial charge in [0.2, 0.25) is 0 Å². The van der Waals surface area contributed by atoms with E-state index in [0.29, 0.717) is 12.5 Å². The van der Waals surface area contributed by atoms with Crippen LogP contribution in [0.1, 0.15) is 50.5 Å². The lowest BCUT2D eigenvalue weighted by Gasteiger charge is -2.30. The number of halogens is 1. The first-order valence-electron chi connectivity index (χ1n) is 7.60. The van der Waals surface area contributed by atoms with Crippen molar-refractivity contribution in [1.29, 1.82) is 0 Å². The van der Waals surface area contributed by atoms with Gasteiger partial charge in [0.15, 0.2) is 11.9 Å². The molecule has 1 aliphatic heterocycles. The van der Waals surface area contributed by atoms with Gasteiger partial charge in [0.25, 0.3) is 0 Å². The number of piperidine rings is 1. The molecule has 21 heavy (non-hydrogen) atoms. The summed E-state index contributed by atoms with van der Waals surface area (Å²) in [6.07, 6.45) is 4.30. The van der Waals surface area contributed by atoms with E-state index in [1.807, 2.05) is 6.92 Å². The number of aryl methyl sites for hydroxylation is 2. The zero-order valence-corrected chi connectivity index (χ0v) is 15.6. The van der Waals surface area contributed by atoms with Gasteiger partial charge in [-0.05, 0) is 32.1 Å². The number of aromatic nitrogens is 1. The zero-order chi connectivity index (χ0) is 14.5. The fraction of sp³-hybridized carbons (Fsp3) is 0.733. The zero-order valence-electron chi connectivity index (χ0n) is 13.3. The SMILES string of the molecule is CCCc1nc(C)c(CN=C(N)N2CCC(C)CC2)o1.I. The topological polar surface area (TPSA) is 67.7 Å². The predicted octanol–water partition coefficient (Wildman–Crippen LogP) is 3.10. The summed E-state index contributed by atoms with van der Waals surface area (Å²) in [7, 11) is 0. The van der Waals surface area contributed by atoms with Crippen LogP contribution >= 0.6 is 24.0 Å². The standard InChI is InChI=1S/C15H26N4O.HI/c1-4-5-14-18-12(3)13(20-14)10-17-15(16)19-8-6-11(2)7-9-19;/h11H,4-10H2,1-3H3,(H2,16,17);1H. The van der Waals surface area contributed by atoms with Crippen LogP contribution in [0.2, 0.25) is 0 Å². The highest BCUT2D eigenvalue weighted by Gasteiger charge is 2.17. The Morgan fingerprint density at radius 2 is 2.10 bits per heavy atom. The van der Waals surface area contributed by atoms with Crippen LogP contribution in [0.4, 0.5) is 0 Å². The van der Waals surface area contributed by atoms with Crippen molar-refractivity contribution in [2.45, 2.75) is 53.0 Å². The second kappa shape index (κ2) is 8.60. The van der Waals surface area contributed by atoms with Gasteiger partial charge in [-0.3, -0.25) is 0 Å². The molecule has 0 bridgehead atoms. The number of nitrogens with two attached hydrogens (primary N) is 1. The third-order valence-corrected chi connectivity index (χ3v) is 3.89. The monoisotopic (exact) mass is 406 g/mol. The summed E-state index contributed by atoms with van der Waals surface area (Å²) in [6, 6.07) is 0. The van der Waals surface area contributed by atoms with Crippen molar-refractivity contribution in [1.82, 2.24) is 9.88 Å². The molecule has 6 heteroatoms. The summed E-state index contributed by atoms with van der Waals surface area (Å²) < 4.78 is 5.72. The van der Waals surface area contributed by atoms with Crippen LogP contribution in [-0.4, -0.2) is 28.9 Å².